The summed E-state index contributed by atoms with van der Waals surface area (Å²) >= 11 is 0. The SMILES string of the molecule is C=Cc1c(F)ccc2cc(O)cc(-c3nc4c5c(nc(OC[C@]6(C)C[C@@H](F)CN6CCC)nc5c3F)O[C@@H](C(C)(C)O)CC4)c12. The number of benzene rings is 2. The first-order valence-electron chi connectivity index (χ1n) is 15.2. The molecule has 3 atom stereocenters. The fourth-order valence-corrected chi connectivity index (χ4v) is 6.63. The summed E-state index contributed by atoms with van der Waals surface area (Å²) in [5.74, 6) is -1.55. The maximum atomic E-state index is 16.8. The molecule has 4 aromatic rings. The van der Waals surface area contributed by atoms with Crippen molar-refractivity contribution in [3.8, 4) is 28.9 Å². The molecule has 8 nitrogen and oxygen atoms in total. The standard InChI is InChI=1S/C34H37F3N4O4/c1-6-12-41-16-19(35)15-34(41,5)17-44-32-39-30-27-24(10-11-25(33(3,4)43)45-31(27)40-32)38-29(28(30)37)22-14-20(42)13-18-8-9-23(36)21(7-2)26(18)22/h7-9,13-14,19,25,42-43H,2,6,10-12,15-17H2,1,3-5H3/t19-,25-,34+/m1/s1. The molecule has 0 unspecified atom stereocenters. The smallest absolute Gasteiger partial charge is 0.320 e. The maximum Gasteiger partial charge on any atom is 0.320 e. The third-order valence-corrected chi connectivity index (χ3v) is 8.89. The van der Waals surface area contributed by atoms with Crippen LogP contribution in [0.3, 0.4) is 0 Å². The number of nitrogens with zero attached hydrogens (tertiary/aromatic N) is 4. The van der Waals surface area contributed by atoms with Crippen molar-refractivity contribution in [3.63, 3.8) is 0 Å². The summed E-state index contributed by atoms with van der Waals surface area (Å²) < 4.78 is 58.5. The number of phenols is 1. The summed E-state index contributed by atoms with van der Waals surface area (Å²) in [6.45, 7) is 12.0. The normalized spacial score (nSPS) is 22.0. The minimum absolute atomic E-state index is 0.0107. The lowest BCUT2D eigenvalue weighted by molar-refractivity contribution is -0.0375. The van der Waals surface area contributed by atoms with Gasteiger partial charge in [0.05, 0.1) is 22.2 Å². The predicted molar refractivity (Wildman–Crippen MR) is 166 cm³/mol. The molecule has 238 valence electrons. The van der Waals surface area contributed by atoms with E-state index in [2.05, 4.69) is 21.5 Å². The van der Waals surface area contributed by atoms with Crippen LogP contribution in [0, 0.1) is 11.6 Å². The number of halogens is 3. The van der Waals surface area contributed by atoms with Crippen LogP contribution >= 0.6 is 0 Å². The van der Waals surface area contributed by atoms with Crippen LogP contribution < -0.4 is 9.47 Å². The van der Waals surface area contributed by atoms with Crippen molar-refractivity contribution < 1.29 is 32.9 Å². The first-order chi connectivity index (χ1) is 21.3. The van der Waals surface area contributed by atoms with Gasteiger partial charge in [0.25, 0.3) is 0 Å². The van der Waals surface area contributed by atoms with Gasteiger partial charge in [-0.1, -0.05) is 25.6 Å². The minimum atomic E-state index is -1.27. The van der Waals surface area contributed by atoms with Gasteiger partial charge in [-0.3, -0.25) is 4.90 Å². The van der Waals surface area contributed by atoms with E-state index in [4.69, 9.17) is 9.47 Å². The van der Waals surface area contributed by atoms with Crippen molar-refractivity contribution in [2.45, 2.75) is 76.8 Å². The molecular weight excluding hydrogens is 585 g/mol. The second-order valence-electron chi connectivity index (χ2n) is 12.8. The number of likely N-dealkylation sites (tertiary alicyclic amines) is 1. The Morgan fingerprint density at radius 2 is 1.98 bits per heavy atom. The molecule has 0 amide bonds. The van der Waals surface area contributed by atoms with Crippen molar-refractivity contribution in [1.29, 1.82) is 0 Å². The highest BCUT2D eigenvalue weighted by Gasteiger charge is 2.43. The van der Waals surface area contributed by atoms with Gasteiger partial charge in [-0.05, 0) is 70.2 Å². The first-order valence-corrected chi connectivity index (χ1v) is 15.2. The lowest BCUT2D eigenvalue weighted by Crippen LogP contribution is -2.46. The Kier molecular flexibility index (Phi) is 7.89. The van der Waals surface area contributed by atoms with Gasteiger partial charge >= 0.3 is 6.01 Å². The molecule has 6 rings (SSSR count). The van der Waals surface area contributed by atoms with Gasteiger partial charge in [-0.15, -0.1) is 0 Å². The van der Waals surface area contributed by atoms with Crippen LogP contribution in [0.15, 0.2) is 30.8 Å². The number of hydrogen-bond donors (Lipinski definition) is 2. The number of phenolic OH excluding ortho intramolecular Hbond substituents is 1. The Morgan fingerprint density at radius 1 is 1.20 bits per heavy atom. The number of ether oxygens (including phenoxy) is 2. The van der Waals surface area contributed by atoms with E-state index in [1.807, 2.05) is 18.7 Å². The predicted octanol–water partition coefficient (Wildman–Crippen LogP) is 6.53. The van der Waals surface area contributed by atoms with Crippen LogP contribution in [-0.2, 0) is 6.42 Å². The zero-order valence-electron chi connectivity index (χ0n) is 25.8. The van der Waals surface area contributed by atoms with E-state index in [1.165, 1.54) is 30.3 Å². The number of aromatic nitrogens is 3. The van der Waals surface area contributed by atoms with E-state index in [0.29, 0.717) is 36.0 Å². The molecule has 2 aliphatic heterocycles. The Hall–Kier alpha value is -3.96. The van der Waals surface area contributed by atoms with E-state index in [1.54, 1.807) is 13.8 Å². The van der Waals surface area contributed by atoms with Gasteiger partial charge in [0, 0.05) is 29.5 Å². The number of pyridine rings is 1. The minimum Gasteiger partial charge on any atom is -0.508 e. The number of aliphatic hydroxyl groups is 1. The Balaban J connectivity index is 1.54. The molecule has 45 heavy (non-hydrogen) atoms. The molecule has 0 radical (unpaired) electrons. The van der Waals surface area contributed by atoms with Gasteiger partial charge in [0.2, 0.25) is 5.88 Å². The fraction of sp³-hybridized carbons (Fsp3) is 0.441. The molecule has 2 aromatic heterocycles. The average molecular weight is 623 g/mol. The largest absolute Gasteiger partial charge is 0.508 e. The molecule has 1 fully saturated rings. The lowest BCUT2D eigenvalue weighted by atomic mass is 9.94. The second-order valence-corrected chi connectivity index (χ2v) is 12.8. The van der Waals surface area contributed by atoms with Crippen LogP contribution in [0.1, 0.15) is 58.2 Å². The van der Waals surface area contributed by atoms with Gasteiger partial charge in [-0.25, -0.2) is 18.2 Å². The Bertz CT molecular complexity index is 1810. The monoisotopic (exact) mass is 622 g/mol. The number of aromatic hydroxyl groups is 1. The molecule has 2 aliphatic rings. The average Bonchev–Trinajstić information content (AvgIpc) is 3.13. The first kappa shape index (κ1) is 31.0. The molecular formula is C34H37F3N4O4. The summed E-state index contributed by atoms with van der Waals surface area (Å²) in [7, 11) is 0. The molecule has 1 saturated heterocycles. The Labute approximate surface area is 259 Å². The van der Waals surface area contributed by atoms with Gasteiger partial charge in [0.1, 0.15) is 41.7 Å². The van der Waals surface area contributed by atoms with E-state index in [-0.39, 0.29) is 64.8 Å². The number of hydrogen-bond acceptors (Lipinski definition) is 8. The highest BCUT2D eigenvalue weighted by Crippen LogP contribution is 2.42. The molecule has 2 aromatic carbocycles. The Morgan fingerprint density at radius 3 is 2.69 bits per heavy atom. The van der Waals surface area contributed by atoms with E-state index < -0.39 is 35.1 Å². The van der Waals surface area contributed by atoms with Crippen molar-refractivity contribution >= 4 is 27.8 Å². The molecule has 2 N–H and O–H groups in total. The fourth-order valence-electron chi connectivity index (χ4n) is 6.63. The third-order valence-electron chi connectivity index (χ3n) is 8.89. The van der Waals surface area contributed by atoms with E-state index >= 15 is 4.39 Å². The van der Waals surface area contributed by atoms with Gasteiger partial charge in [-0.2, -0.15) is 9.97 Å². The van der Waals surface area contributed by atoms with Crippen molar-refractivity contribution in [2.75, 3.05) is 19.7 Å². The second kappa shape index (κ2) is 11.4. The zero-order valence-corrected chi connectivity index (χ0v) is 25.8. The zero-order chi connectivity index (χ0) is 32.3. The van der Waals surface area contributed by atoms with Crippen LogP contribution in [0.25, 0.3) is 39.0 Å². The van der Waals surface area contributed by atoms with E-state index in [0.717, 1.165) is 6.42 Å². The summed E-state index contributed by atoms with van der Waals surface area (Å²) in [6.07, 6.45) is 1.36. The molecule has 0 bridgehead atoms. The summed E-state index contributed by atoms with van der Waals surface area (Å²) in [4.78, 5) is 15.7. The van der Waals surface area contributed by atoms with Gasteiger partial charge < -0.3 is 19.7 Å². The topological polar surface area (TPSA) is 101 Å². The highest BCUT2D eigenvalue weighted by atomic mass is 19.1. The van der Waals surface area contributed by atoms with Crippen molar-refractivity contribution in [2.24, 2.45) is 0 Å². The van der Waals surface area contributed by atoms with E-state index in [9.17, 15) is 19.0 Å². The van der Waals surface area contributed by atoms with Crippen LogP contribution in [0.2, 0.25) is 0 Å². The van der Waals surface area contributed by atoms with Crippen molar-refractivity contribution in [1.82, 2.24) is 19.9 Å². The van der Waals surface area contributed by atoms with Crippen molar-refractivity contribution in [3.05, 3.63) is 53.7 Å². The quantitative estimate of drug-likeness (QED) is 0.229. The third kappa shape index (κ3) is 5.56. The van der Waals surface area contributed by atoms with Crippen LogP contribution in [0.4, 0.5) is 13.2 Å². The number of alkyl halides is 1. The highest BCUT2D eigenvalue weighted by molar-refractivity contribution is 6.04. The molecule has 0 aliphatic carbocycles. The lowest BCUT2D eigenvalue weighted by Gasteiger charge is -2.34. The summed E-state index contributed by atoms with van der Waals surface area (Å²) in [5, 5.41) is 22.5. The maximum absolute atomic E-state index is 16.8. The molecule has 0 spiro atoms. The molecule has 0 saturated carbocycles. The van der Waals surface area contributed by atoms with Crippen LogP contribution in [0.5, 0.6) is 17.6 Å². The number of rotatable bonds is 8. The molecule has 4 heterocycles. The summed E-state index contributed by atoms with van der Waals surface area (Å²) in [6, 6.07) is 5.38. The number of aryl methyl sites for hydroxylation is 1. The number of fused-ring (bicyclic) bond motifs is 1. The van der Waals surface area contributed by atoms with Gasteiger partial charge in [0.15, 0.2) is 5.82 Å². The summed E-state index contributed by atoms with van der Waals surface area (Å²) in [5.41, 5.74) is -1.47. The van der Waals surface area contributed by atoms with Crippen LogP contribution in [-0.4, -0.2) is 73.2 Å². The molecule has 11 heteroatoms.